The minimum atomic E-state index is -0.587. The Morgan fingerprint density at radius 3 is 2.82 bits per heavy atom. The zero-order chi connectivity index (χ0) is 26.7. The van der Waals surface area contributed by atoms with Crippen LogP contribution in [0.4, 0.5) is 10.2 Å². The van der Waals surface area contributed by atoms with Gasteiger partial charge in [0.1, 0.15) is 17.4 Å². The number of ether oxygens (including phenoxy) is 1. The average molecular weight is 546 g/mol. The molecule has 0 bridgehead atoms. The number of nitrogens with one attached hydrogen (secondary N) is 1. The number of amides is 1. The SMILES string of the molecule is CCOc1cc(-c2ccc(N3CCN(C(=O)c4c(F)cccc4Cl)C4(CC4)C3)nc2)c2c3cn[nH]c3nn2c1. The lowest BCUT2D eigenvalue weighted by molar-refractivity contribution is 0.0619. The average Bonchev–Trinajstić information content (AvgIpc) is 3.37. The van der Waals surface area contributed by atoms with Crippen molar-refractivity contribution in [1.29, 1.82) is 0 Å². The van der Waals surface area contributed by atoms with Crippen molar-refractivity contribution in [1.82, 2.24) is 29.7 Å². The summed E-state index contributed by atoms with van der Waals surface area (Å²) in [4.78, 5) is 22.1. The van der Waals surface area contributed by atoms with Gasteiger partial charge in [0.15, 0.2) is 5.65 Å². The summed E-state index contributed by atoms with van der Waals surface area (Å²) in [5.41, 5.74) is 3.12. The minimum Gasteiger partial charge on any atom is -0.492 e. The van der Waals surface area contributed by atoms with Crippen LogP contribution < -0.4 is 9.64 Å². The summed E-state index contributed by atoms with van der Waals surface area (Å²) >= 11 is 6.20. The second-order valence-corrected chi connectivity index (χ2v) is 10.5. The summed E-state index contributed by atoms with van der Waals surface area (Å²) in [5.74, 6) is 0.619. The molecule has 1 N–H and O–H groups in total. The normalized spacial score (nSPS) is 16.4. The van der Waals surface area contributed by atoms with Crippen molar-refractivity contribution in [2.75, 3.05) is 31.1 Å². The van der Waals surface area contributed by atoms with E-state index in [-0.39, 0.29) is 22.0 Å². The molecule has 1 aromatic carbocycles. The van der Waals surface area contributed by atoms with E-state index in [1.54, 1.807) is 17.2 Å². The number of fused-ring (bicyclic) bond motifs is 3. The lowest BCUT2D eigenvalue weighted by atomic mass is 10.1. The quantitative estimate of drug-likeness (QED) is 0.336. The lowest BCUT2D eigenvalue weighted by Crippen LogP contribution is -2.57. The molecule has 0 radical (unpaired) electrons. The number of piperazine rings is 1. The Labute approximate surface area is 228 Å². The Morgan fingerprint density at radius 1 is 1.21 bits per heavy atom. The largest absolute Gasteiger partial charge is 0.492 e. The molecule has 1 amide bonds. The molecule has 11 heteroatoms. The van der Waals surface area contributed by atoms with Gasteiger partial charge >= 0.3 is 0 Å². The van der Waals surface area contributed by atoms with Crippen LogP contribution in [-0.4, -0.2) is 67.4 Å². The maximum atomic E-state index is 14.5. The molecule has 198 valence electrons. The monoisotopic (exact) mass is 545 g/mol. The highest BCUT2D eigenvalue weighted by atomic mass is 35.5. The van der Waals surface area contributed by atoms with E-state index in [2.05, 4.69) is 20.2 Å². The summed E-state index contributed by atoms with van der Waals surface area (Å²) in [6.45, 7) is 4.19. The number of benzene rings is 1. The molecule has 0 atom stereocenters. The van der Waals surface area contributed by atoms with E-state index < -0.39 is 5.82 Å². The van der Waals surface area contributed by atoms with Gasteiger partial charge in [0.2, 0.25) is 0 Å². The van der Waals surface area contributed by atoms with Crippen LogP contribution in [0, 0.1) is 5.82 Å². The summed E-state index contributed by atoms with van der Waals surface area (Å²) in [6.07, 6.45) is 7.22. The molecular weight excluding hydrogens is 521 g/mol. The molecule has 1 aliphatic heterocycles. The summed E-state index contributed by atoms with van der Waals surface area (Å²) < 4.78 is 22.1. The number of carbonyl (C=O) groups is 1. The Kier molecular flexibility index (Phi) is 5.48. The number of halogens is 2. The van der Waals surface area contributed by atoms with Gasteiger partial charge in [-0.25, -0.2) is 13.9 Å². The first-order valence-electron chi connectivity index (χ1n) is 12.9. The van der Waals surface area contributed by atoms with Crippen LogP contribution in [0.3, 0.4) is 0 Å². The predicted molar refractivity (Wildman–Crippen MR) is 146 cm³/mol. The first-order chi connectivity index (χ1) is 19.0. The number of anilines is 1. The van der Waals surface area contributed by atoms with E-state index >= 15 is 0 Å². The highest BCUT2D eigenvalue weighted by molar-refractivity contribution is 6.33. The molecule has 5 aromatic rings. The van der Waals surface area contributed by atoms with E-state index in [0.29, 0.717) is 37.6 Å². The van der Waals surface area contributed by atoms with Crippen LogP contribution in [0.2, 0.25) is 5.02 Å². The smallest absolute Gasteiger partial charge is 0.258 e. The fourth-order valence-corrected chi connectivity index (χ4v) is 5.88. The summed E-state index contributed by atoms with van der Waals surface area (Å²) in [7, 11) is 0. The standard InChI is InChI=1S/C28H25ClFN7O2/c1-2-39-18-12-19(25-20-14-32-33-26(20)34-37(25)15-18)17-6-7-23(31-13-17)35-10-11-36(28(16-35)8-9-28)27(38)24-21(29)4-3-5-22(24)30/h3-7,12-15H,2,8-11,16H2,1H3,(H,33,34). The van der Waals surface area contributed by atoms with Gasteiger partial charge in [0.05, 0.1) is 46.0 Å². The number of pyridine rings is 2. The van der Waals surface area contributed by atoms with Crippen molar-refractivity contribution >= 4 is 39.9 Å². The Bertz CT molecular complexity index is 1710. The number of carbonyl (C=O) groups excluding carboxylic acids is 1. The van der Waals surface area contributed by atoms with Crippen LogP contribution in [0.25, 0.3) is 27.7 Å². The molecule has 39 heavy (non-hydrogen) atoms. The van der Waals surface area contributed by atoms with E-state index in [0.717, 1.165) is 40.7 Å². The minimum absolute atomic E-state index is 0.0476. The highest BCUT2D eigenvalue weighted by Gasteiger charge is 2.54. The molecule has 0 unspecified atom stereocenters. The highest BCUT2D eigenvalue weighted by Crippen LogP contribution is 2.46. The number of nitrogens with zero attached hydrogens (tertiary/aromatic N) is 6. The Hall–Kier alpha value is -4.18. The van der Waals surface area contributed by atoms with Crippen molar-refractivity contribution in [3.63, 3.8) is 0 Å². The van der Waals surface area contributed by atoms with Crippen molar-refractivity contribution in [2.24, 2.45) is 0 Å². The van der Waals surface area contributed by atoms with Gasteiger partial charge in [0, 0.05) is 37.0 Å². The van der Waals surface area contributed by atoms with Crippen LogP contribution >= 0.6 is 11.6 Å². The van der Waals surface area contributed by atoms with Crippen LogP contribution in [0.5, 0.6) is 5.75 Å². The molecule has 5 heterocycles. The molecule has 1 spiro atoms. The van der Waals surface area contributed by atoms with Crippen molar-refractivity contribution in [2.45, 2.75) is 25.3 Å². The van der Waals surface area contributed by atoms with Crippen molar-refractivity contribution in [3.8, 4) is 16.9 Å². The fourth-order valence-electron chi connectivity index (χ4n) is 5.64. The first-order valence-corrected chi connectivity index (χ1v) is 13.3. The number of H-pyrrole nitrogens is 1. The van der Waals surface area contributed by atoms with Crippen LogP contribution in [0.15, 0.2) is 55.0 Å². The Morgan fingerprint density at radius 2 is 2.08 bits per heavy atom. The van der Waals surface area contributed by atoms with Gasteiger partial charge in [-0.15, -0.1) is 5.10 Å². The molecule has 7 rings (SSSR count). The van der Waals surface area contributed by atoms with Crippen LogP contribution in [0.1, 0.15) is 30.1 Å². The second-order valence-electron chi connectivity index (χ2n) is 10.1. The number of aromatic amines is 1. The molecule has 4 aromatic heterocycles. The van der Waals surface area contributed by atoms with Gasteiger partial charge < -0.3 is 14.5 Å². The third-order valence-corrected chi connectivity index (χ3v) is 8.01. The van der Waals surface area contributed by atoms with Gasteiger partial charge in [-0.1, -0.05) is 17.7 Å². The maximum Gasteiger partial charge on any atom is 0.258 e. The zero-order valence-corrected chi connectivity index (χ0v) is 22.0. The van der Waals surface area contributed by atoms with Crippen molar-refractivity contribution in [3.05, 3.63) is 71.4 Å². The topological polar surface area (TPSA) is 91.6 Å². The summed E-state index contributed by atoms with van der Waals surface area (Å²) in [5, 5.41) is 12.7. The number of aromatic nitrogens is 5. The van der Waals surface area contributed by atoms with Gasteiger partial charge in [-0.2, -0.15) is 5.10 Å². The van der Waals surface area contributed by atoms with Gasteiger partial charge in [-0.05, 0) is 50.1 Å². The van der Waals surface area contributed by atoms with E-state index in [1.165, 1.54) is 12.1 Å². The predicted octanol–water partition coefficient (Wildman–Crippen LogP) is 4.96. The van der Waals surface area contributed by atoms with Gasteiger partial charge in [0.25, 0.3) is 5.91 Å². The van der Waals surface area contributed by atoms with Crippen molar-refractivity contribution < 1.29 is 13.9 Å². The maximum absolute atomic E-state index is 14.5. The van der Waals surface area contributed by atoms with E-state index in [4.69, 9.17) is 21.3 Å². The Balaban J connectivity index is 1.17. The number of rotatable bonds is 5. The van der Waals surface area contributed by atoms with Gasteiger partial charge in [-0.3, -0.25) is 9.89 Å². The molecule has 1 saturated heterocycles. The molecule has 1 aliphatic carbocycles. The van der Waals surface area contributed by atoms with Crippen LogP contribution in [-0.2, 0) is 0 Å². The molecule has 2 aliphatic rings. The summed E-state index contributed by atoms with van der Waals surface area (Å²) in [6, 6.07) is 10.4. The number of hydrogen-bond donors (Lipinski definition) is 1. The second kappa shape index (κ2) is 8.94. The van der Waals surface area contributed by atoms with E-state index in [9.17, 15) is 9.18 Å². The molecule has 9 nitrogen and oxygen atoms in total. The molecule has 1 saturated carbocycles. The molecule has 2 fully saturated rings. The fraction of sp³-hybridized carbons (Fsp3) is 0.286. The lowest BCUT2D eigenvalue weighted by Gasteiger charge is -2.43. The third-order valence-electron chi connectivity index (χ3n) is 7.70. The number of hydrogen-bond acceptors (Lipinski definition) is 6. The van der Waals surface area contributed by atoms with E-state index in [1.807, 2.05) is 42.0 Å². The zero-order valence-electron chi connectivity index (χ0n) is 21.2. The first kappa shape index (κ1) is 23.9. The third kappa shape index (κ3) is 3.89. The molecular formula is C28H25ClFN7O2.